The summed E-state index contributed by atoms with van der Waals surface area (Å²) >= 11 is 0. The first-order valence-corrected chi connectivity index (χ1v) is 37.3. The monoisotopic (exact) mass is 1350 g/mol. The molecule has 11 aliphatic rings. The van der Waals surface area contributed by atoms with Crippen LogP contribution < -0.4 is 0 Å². The van der Waals surface area contributed by atoms with Crippen molar-refractivity contribution in [1.29, 1.82) is 0 Å². The fraction of sp³-hybridized carbons (Fsp3) is 0.909. The topological polar surface area (TPSA) is 215 Å². The predicted octanol–water partition coefficient (Wildman–Crippen LogP) is 13.1. The van der Waals surface area contributed by atoms with Crippen molar-refractivity contribution in [2.45, 2.75) is 334 Å². The van der Waals surface area contributed by atoms with Crippen LogP contribution in [0.5, 0.6) is 0 Å². The van der Waals surface area contributed by atoms with Crippen LogP contribution in [0, 0.1) is 104 Å². The van der Waals surface area contributed by atoms with E-state index in [2.05, 4.69) is 103 Å². The maximum Gasteiger partial charge on any atom is 0.315 e. The number of fused-ring (bicyclic) bond motifs is 8. The number of Topliss-reactive ketones (excluding diaryl/α,β-unsaturated/α-hetero) is 1. The Hall–Kier alpha value is -2.95. The molecule has 4 saturated carbocycles. The summed E-state index contributed by atoms with van der Waals surface area (Å²) in [4.78, 5) is 70.0. The molecule has 19 nitrogen and oxygen atoms in total. The summed E-state index contributed by atoms with van der Waals surface area (Å²) in [6.45, 7) is 47.7. The van der Waals surface area contributed by atoms with Crippen LogP contribution in [-0.4, -0.2) is 147 Å². The van der Waals surface area contributed by atoms with Crippen molar-refractivity contribution in [3.05, 3.63) is 11.6 Å². The highest BCUT2D eigenvalue weighted by atomic mass is 16.8. The van der Waals surface area contributed by atoms with E-state index in [0.717, 1.165) is 44.9 Å². The summed E-state index contributed by atoms with van der Waals surface area (Å²) in [6.07, 6.45) is -3.38. The second-order valence-corrected chi connectivity index (χ2v) is 35.0. The first kappa shape index (κ1) is 74.2. The Morgan fingerprint density at radius 1 is 0.562 bits per heavy atom. The average molecular weight is 1350 g/mol. The minimum Gasteiger partial charge on any atom is -0.457 e. The van der Waals surface area contributed by atoms with Gasteiger partial charge in [-0.15, -0.1) is 0 Å². The molecule has 19 heteroatoms. The van der Waals surface area contributed by atoms with Crippen molar-refractivity contribution in [3.8, 4) is 0 Å². The number of ketones is 1. The molecule has 14 unspecified atom stereocenters. The molecule has 0 aromatic heterocycles. The van der Waals surface area contributed by atoms with Crippen molar-refractivity contribution in [2.75, 3.05) is 6.61 Å². The van der Waals surface area contributed by atoms with Gasteiger partial charge in [-0.3, -0.25) is 19.2 Å². The van der Waals surface area contributed by atoms with Gasteiger partial charge in [0, 0.05) is 31.6 Å². The molecule has 6 saturated heterocycles. The molecule has 11 rings (SSSR count). The van der Waals surface area contributed by atoms with Gasteiger partial charge in [0.1, 0.15) is 36.8 Å². The van der Waals surface area contributed by atoms with Crippen LogP contribution in [0.25, 0.3) is 0 Å². The minimum atomic E-state index is -1.41. The Balaban J connectivity index is 0.914. The van der Waals surface area contributed by atoms with Gasteiger partial charge >= 0.3 is 17.9 Å². The van der Waals surface area contributed by atoms with Gasteiger partial charge in [0.15, 0.2) is 55.0 Å². The van der Waals surface area contributed by atoms with Crippen LogP contribution in [0.1, 0.15) is 223 Å². The maximum absolute atomic E-state index is 16.5. The lowest BCUT2D eigenvalue weighted by atomic mass is 9.32. The van der Waals surface area contributed by atoms with E-state index in [4.69, 9.17) is 66.3 Å². The molecule has 0 aromatic rings. The van der Waals surface area contributed by atoms with Gasteiger partial charge in [-0.05, 0) is 174 Å². The van der Waals surface area contributed by atoms with Crippen molar-refractivity contribution in [1.82, 2.24) is 0 Å². The van der Waals surface area contributed by atoms with Gasteiger partial charge in [-0.25, -0.2) is 0 Å². The van der Waals surface area contributed by atoms with Gasteiger partial charge in [0.25, 0.3) is 0 Å². The fourth-order valence-electron chi connectivity index (χ4n) is 21.7. The third kappa shape index (κ3) is 12.6. The van der Waals surface area contributed by atoms with Gasteiger partial charge < -0.3 is 71.1 Å². The Kier molecular flexibility index (Phi) is 20.9. The summed E-state index contributed by atoms with van der Waals surface area (Å²) in [5.74, 6) is -2.04. The summed E-state index contributed by atoms with van der Waals surface area (Å²) in [5, 5.41) is 0. The molecule has 0 bridgehead atoms. The molecule has 0 spiro atoms. The lowest BCUT2D eigenvalue weighted by Crippen LogP contribution is -2.68. The van der Waals surface area contributed by atoms with E-state index in [0.29, 0.717) is 25.9 Å². The number of rotatable bonds is 15. The van der Waals surface area contributed by atoms with Crippen LogP contribution in [0.3, 0.4) is 0 Å². The average Bonchev–Trinajstić information content (AvgIpc) is 0.729. The van der Waals surface area contributed by atoms with Gasteiger partial charge in [0.05, 0.1) is 41.9 Å². The van der Waals surface area contributed by atoms with Crippen LogP contribution in [0.4, 0.5) is 0 Å². The molecule has 0 N–H and O–H groups in total. The molecule has 6 heterocycles. The van der Waals surface area contributed by atoms with E-state index in [9.17, 15) is 19.2 Å². The van der Waals surface area contributed by atoms with Gasteiger partial charge in [0.2, 0.25) is 6.29 Å². The number of ether oxygens (including phenoxy) is 14. The molecule has 10 fully saturated rings. The van der Waals surface area contributed by atoms with Crippen LogP contribution in [0.15, 0.2) is 11.6 Å². The number of hydrogen-bond donors (Lipinski definition) is 0. The molecule has 34 atom stereocenters. The molecule has 544 valence electrons. The number of carbonyl (C=O) groups is 5. The summed E-state index contributed by atoms with van der Waals surface area (Å²) < 4.78 is 95.2. The second kappa shape index (κ2) is 27.0. The zero-order valence-corrected chi connectivity index (χ0v) is 62.4. The Bertz CT molecular complexity index is 2900. The highest BCUT2D eigenvalue weighted by Gasteiger charge is 2.73. The molecule has 0 aromatic carbocycles. The summed E-state index contributed by atoms with van der Waals surface area (Å²) in [7, 11) is 0. The minimum absolute atomic E-state index is 0.000996. The van der Waals surface area contributed by atoms with Crippen LogP contribution in [-0.2, 0) is 90.3 Å². The van der Waals surface area contributed by atoms with Crippen molar-refractivity contribution in [3.63, 3.8) is 0 Å². The predicted molar refractivity (Wildman–Crippen MR) is 355 cm³/mol. The molecule has 5 aliphatic carbocycles. The molecule has 6 aliphatic heterocycles. The van der Waals surface area contributed by atoms with Crippen LogP contribution >= 0.6 is 0 Å². The molecular weight excluding hydrogens is 1230 g/mol. The first-order chi connectivity index (χ1) is 44.8. The molecule has 0 amide bonds. The Morgan fingerprint density at radius 2 is 1.19 bits per heavy atom. The third-order valence-electron chi connectivity index (χ3n) is 28.5. The smallest absolute Gasteiger partial charge is 0.315 e. The van der Waals surface area contributed by atoms with E-state index >= 15 is 4.79 Å². The molecule has 0 radical (unpaired) electrons. The Labute approximate surface area is 573 Å². The number of allylic oxidation sites excluding steroid dienone is 2. The Morgan fingerprint density at radius 3 is 1.84 bits per heavy atom. The zero-order valence-electron chi connectivity index (χ0n) is 62.4. The summed E-state index contributed by atoms with van der Waals surface area (Å²) in [6, 6.07) is 0. The van der Waals surface area contributed by atoms with E-state index in [1.807, 2.05) is 41.5 Å². The highest BCUT2D eigenvalue weighted by Crippen LogP contribution is 2.77. The highest BCUT2D eigenvalue weighted by molar-refractivity contribution is 5.81. The van der Waals surface area contributed by atoms with Gasteiger partial charge in [-0.1, -0.05) is 122 Å². The second-order valence-electron chi connectivity index (χ2n) is 35.0. The number of esters is 3. The normalized spacial score (nSPS) is 51.9. The van der Waals surface area contributed by atoms with Gasteiger partial charge in [-0.2, -0.15) is 0 Å². The molecule has 96 heavy (non-hydrogen) atoms. The van der Waals surface area contributed by atoms with Crippen LogP contribution in [0.2, 0.25) is 0 Å². The molecular formula is C77H122O19. The van der Waals surface area contributed by atoms with E-state index < -0.39 is 121 Å². The van der Waals surface area contributed by atoms with Crippen molar-refractivity contribution >= 4 is 30.0 Å². The lowest BCUT2D eigenvalue weighted by molar-refractivity contribution is -0.386. The van der Waals surface area contributed by atoms with E-state index in [1.165, 1.54) is 25.7 Å². The number of aldehydes is 1. The summed E-state index contributed by atoms with van der Waals surface area (Å²) in [5.41, 5.74) is -1.20. The maximum atomic E-state index is 16.5. The fourth-order valence-corrected chi connectivity index (χ4v) is 21.7. The first-order valence-electron chi connectivity index (χ1n) is 37.3. The third-order valence-corrected chi connectivity index (χ3v) is 28.5. The van der Waals surface area contributed by atoms with E-state index in [1.54, 1.807) is 6.92 Å². The largest absolute Gasteiger partial charge is 0.457 e. The number of hydrogen-bond acceptors (Lipinski definition) is 19. The lowest BCUT2D eigenvalue weighted by Gasteiger charge is -2.72. The number of carbonyl (C=O) groups excluding carboxylic acids is 5. The SMILES string of the molecule is CCC1O[C@@H](O[C@@H]2C(OC(C)=O)[C@H](OC3C(OC(=O)[C@]45CCC(C)(C)CC4C4=CCC6C7(C)CC[C@H](O[C@@H]8OC(C(C)=O)[C@@H](C)[C@@H](C)C8C)[C@](C)(C=O)[C@@H]7CC[C@]6(C)[C@]4(C)CC5C)OC(C)[C@@H]4OC(C)(C)O[C@H]34)OC(C)[C@@H]2O[C@@H]2OC[C@@H](C)[C@H](C)C2C)C(OC(C)=O)[C@@H](C)[C@@H]1C. The zero-order chi connectivity index (χ0) is 70.2. The van der Waals surface area contributed by atoms with Crippen molar-refractivity contribution in [2.24, 2.45) is 104 Å². The quantitative estimate of drug-likeness (QED) is 0.0490. The standard InChI is InChI=1S/C77H122O19/c1-24-53-41(6)43(8)58(86-49(14)80)67(88-53)92-61-59(91-65-44(9)39(4)37(2)35-83-65)47(12)84-68(63(61)87-50(15)81)93-64-62-60(95-72(18,19)96-62)48(13)85-69(64)94-70(82)77-32-31-71(16,17)34-52(77)51-25-26-55-73(20)29-28-56(89-66-45(10)40(5)42(7)57(90-66)46(11)79)74(21,36-78)54(73)27-30-75(55,22)76(51,23)33-38(77)3/h25,36-45,47-48,52-69H,24,26-35H2,1-23H3/t37-,38?,39+,40-,41+,42+,43+,44?,45?,47?,48?,52?,53?,54-,55?,56+,57?,58?,59+,60+,61+,62+,63?,64?,65+,66-,67+,68+,69?,73?,74-,75+,76-,77+/m1/s1. The van der Waals surface area contributed by atoms with Crippen molar-refractivity contribution < 1.29 is 90.3 Å². The van der Waals surface area contributed by atoms with E-state index in [-0.39, 0.29) is 117 Å².